The number of ether oxygens (including phenoxy) is 2. The molecule has 0 aliphatic rings. The van der Waals surface area contributed by atoms with E-state index in [9.17, 15) is 4.79 Å². The molecule has 2 aromatic rings. The quantitative estimate of drug-likeness (QED) is 0.0879. The molecule has 0 heterocycles. The smallest absolute Gasteiger partial charge is 0.306 e. The molecule has 0 aliphatic carbocycles. The molecule has 212 valence electrons. The number of carbonyl (C=O) groups excluding carboxylic acids is 1. The number of nitrogens with zero attached hydrogens (tertiary/aromatic N) is 1. The monoisotopic (exact) mass is 524 g/mol. The van der Waals surface area contributed by atoms with Gasteiger partial charge in [-0.2, -0.15) is 0 Å². The molecule has 2 aromatic carbocycles. The predicted molar refractivity (Wildman–Crippen MR) is 159 cm³/mol. The van der Waals surface area contributed by atoms with Gasteiger partial charge in [-0.05, 0) is 37.3 Å². The lowest BCUT2D eigenvalue weighted by molar-refractivity contribution is -0.903. The van der Waals surface area contributed by atoms with Crippen LogP contribution in [0, 0.1) is 0 Å². The number of carbonyl (C=O) groups is 1. The van der Waals surface area contributed by atoms with Crippen LogP contribution < -0.4 is 4.74 Å². The van der Waals surface area contributed by atoms with Gasteiger partial charge < -0.3 is 14.0 Å². The lowest BCUT2D eigenvalue weighted by Crippen LogP contribution is -2.39. The van der Waals surface area contributed by atoms with Crippen molar-refractivity contribution in [2.45, 2.75) is 103 Å². The highest BCUT2D eigenvalue weighted by molar-refractivity contribution is 5.69. The van der Waals surface area contributed by atoms with E-state index in [-0.39, 0.29) is 5.97 Å². The second-order valence-electron chi connectivity index (χ2n) is 11.4. The van der Waals surface area contributed by atoms with Crippen molar-refractivity contribution in [2.75, 3.05) is 33.9 Å². The summed E-state index contributed by atoms with van der Waals surface area (Å²) in [4.78, 5) is 12.2. The SMILES string of the molecule is CCCCCCCCCCCc1ccccc1OCCCCOC(=O)CCC[N+](C)(C)Cc1ccccc1. The first-order valence-electron chi connectivity index (χ1n) is 15.2. The second kappa shape index (κ2) is 19.7. The van der Waals surface area contributed by atoms with Gasteiger partial charge in [-0.15, -0.1) is 0 Å². The summed E-state index contributed by atoms with van der Waals surface area (Å²) in [5, 5.41) is 0. The normalized spacial score (nSPS) is 11.4. The zero-order valence-electron chi connectivity index (χ0n) is 24.6. The van der Waals surface area contributed by atoms with Crippen molar-refractivity contribution in [3.8, 4) is 5.75 Å². The fraction of sp³-hybridized carbons (Fsp3) is 0.618. The Hall–Kier alpha value is -2.33. The molecular weight excluding hydrogens is 470 g/mol. The van der Waals surface area contributed by atoms with Gasteiger partial charge in [0.25, 0.3) is 0 Å². The zero-order chi connectivity index (χ0) is 27.3. The Bertz CT molecular complexity index is 865. The van der Waals surface area contributed by atoms with Gasteiger partial charge in [-0.3, -0.25) is 4.79 Å². The van der Waals surface area contributed by atoms with Crippen LogP contribution in [0.1, 0.15) is 102 Å². The van der Waals surface area contributed by atoms with Crippen LogP contribution in [0.2, 0.25) is 0 Å². The number of para-hydroxylation sites is 1. The summed E-state index contributed by atoms with van der Waals surface area (Å²) in [7, 11) is 4.43. The van der Waals surface area contributed by atoms with Crippen molar-refractivity contribution in [2.24, 2.45) is 0 Å². The largest absolute Gasteiger partial charge is 0.493 e. The van der Waals surface area contributed by atoms with E-state index in [2.05, 4.69) is 69.6 Å². The molecule has 0 fully saturated rings. The molecule has 0 amide bonds. The lowest BCUT2D eigenvalue weighted by atomic mass is 10.0. The standard InChI is InChI=1S/C34H54NO3/c1-4-5-6-7-8-9-10-11-15-23-32-24-16-17-25-33(32)37-28-18-19-29-38-34(36)26-20-27-35(2,3)30-31-21-13-12-14-22-31/h12-14,16-17,21-22,24-25H,4-11,15,18-20,23,26-30H2,1-3H3/q+1. The van der Waals surface area contributed by atoms with Crippen LogP contribution in [-0.2, 0) is 22.5 Å². The Morgan fingerprint density at radius 2 is 1.34 bits per heavy atom. The first-order valence-corrected chi connectivity index (χ1v) is 15.2. The molecular formula is C34H54NO3+. The minimum absolute atomic E-state index is 0.0862. The summed E-state index contributed by atoms with van der Waals surface area (Å²) < 4.78 is 12.4. The molecule has 4 nitrogen and oxygen atoms in total. The number of rotatable bonds is 22. The third-order valence-corrected chi connectivity index (χ3v) is 7.18. The van der Waals surface area contributed by atoms with Crippen LogP contribution >= 0.6 is 0 Å². The third-order valence-electron chi connectivity index (χ3n) is 7.18. The van der Waals surface area contributed by atoms with Crippen molar-refractivity contribution < 1.29 is 18.8 Å². The highest BCUT2D eigenvalue weighted by atomic mass is 16.5. The minimum Gasteiger partial charge on any atom is -0.493 e. The first-order chi connectivity index (χ1) is 18.5. The Morgan fingerprint density at radius 3 is 2.08 bits per heavy atom. The van der Waals surface area contributed by atoms with Gasteiger partial charge in [-0.1, -0.05) is 107 Å². The molecule has 4 heteroatoms. The number of benzene rings is 2. The fourth-order valence-corrected chi connectivity index (χ4v) is 4.93. The van der Waals surface area contributed by atoms with Gasteiger partial charge in [0.05, 0.1) is 40.3 Å². The molecule has 2 rings (SSSR count). The van der Waals surface area contributed by atoms with Crippen LogP contribution in [0.15, 0.2) is 54.6 Å². The summed E-state index contributed by atoms with van der Waals surface area (Å²) in [5.41, 5.74) is 2.64. The molecule has 0 radical (unpaired) electrons. The Balaban J connectivity index is 1.50. The summed E-state index contributed by atoms with van der Waals surface area (Å²) in [6.07, 6.45) is 16.3. The summed E-state index contributed by atoms with van der Waals surface area (Å²) >= 11 is 0. The van der Waals surface area contributed by atoms with E-state index in [4.69, 9.17) is 9.47 Å². The Morgan fingerprint density at radius 1 is 0.711 bits per heavy atom. The molecule has 0 saturated heterocycles. The highest BCUT2D eigenvalue weighted by Gasteiger charge is 2.16. The number of hydrogen-bond donors (Lipinski definition) is 0. The molecule has 0 saturated carbocycles. The number of unbranched alkanes of at least 4 members (excludes halogenated alkanes) is 9. The Kier molecular flexibility index (Phi) is 16.5. The van der Waals surface area contributed by atoms with Crippen LogP contribution in [-0.4, -0.2) is 44.3 Å². The number of aryl methyl sites for hydroxylation is 1. The lowest BCUT2D eigenvalue weighted by Gasteiger charge is -2.29. The van der Waals surface area contributed by atoms with E-state index >= 15 is 0 Å². The van der Waals surface area contributed by atoms with Crippen molar-refractivity contribution in [3.63, 3.8) is 0 Å². The topological polar surface area (TPSA) is 35.5 Å². The van der Waals surface area contributed by atoms with E-state index in [0.717, 1.165) is 49.0 Å². The molecule has 0 spiro atoms. The predicted octanol–water partition coefficient (Wildman–Crippen LogP) is 8.52. The van der Waals surface area contributed by atoms with Crippen molar-refractivity contribution in [3.05, 3.63) is 65.7 Å². The van der Waals surface area contributed by atoms with Gasteiger partial charge >= 0.3 is 5.97 Å². The van der Waals surface area contributed by atoms with Crippen LogP contribution in [0.5, 0.6) is 5.75 Å². The fourth-order valence-electron chi connectivity index (χ4n) is 4.93. The van der Waals surface area contributed by atoms with Crippen molar-refractivity contribution in [1.82, 2.24) is 0 Å². The van der Waals surface area contributed by atoms with Crippen LogP contribution in [0.25, 0.3) is 0 Å². The van der Waals surface area contributed by atoms with E-state index < -0.39 is 0 Å². The maximum absolute atomic E-state index is 12.2. The van der Waals surface area contributed by atoms with E-state index in [1.165, 1.54) is 68.9 Å². The van der Waals surface area contributed by atoms with Gasteiger partial charge in [0.2, 0.25) is 0 Å². The Labute approximate surface area is 233 Å². The van der Waals surface area contributed by atoms with E-state index in [1.807, 2.05) is 6.07 Å². The minimum atomic E-state index is -0.0862. The molecule has 0 atom stereocenters. The maximum Gasteiger partial charge on any atom is 0.306 e. The summed E-state index contributed by atoms with van der Waals surface area (Å²) in [6, 6.07) is 19.0. The average molecular weight is 525 g/mol. The summed E-state index contributed by atoms with van der Waals surface area (Å²) in [5.74, 6) is 0.928. The number of hydrogen-bond acceptors (Lipinski definition) is 3. The van der Waals surface area contributed by atoms with Gasteiger partial charge in [-0.25, -0.2) is 0 Å². The number of esters is 1. The van der Waals surface area contributed by atoms with Crippen molar-refractivity contribution >= 4 is 5.97 Å². The third kappa shape index (κ3) is 15.2. The molecule has 0 unspecified atom stereocenters. The molecule has 38 heavy (non-hydrogen) atoms. The average Bonchev–Trinajstić information content (AvgIpc) is 2.90. The maximum atomic E-state index is 12.2. The van der Waals surface area contributed by atoms with Crippen molar-refractivity contribution in [1.29, 1.82) is 0 Å². The number of quaternary nitrogens is 1. The van der Waals surface area contributed by atoms with Crippen LogP contribution in [0.4, 0.5) is 0 Å². The van der Waals surface area contributed by atoms with Gasteiger partial charge in [0, 0.05) is 12.0 Å². The summed E-state index contributed by atoms with van der Waals surface area (Å²) in [6.45, 7) is 5.34. The molecule has 0 aromatic heterocycles. The highest BCUT2D eigenvalue weighted by Crippen LogP contribution is 2.21. The van der Waals surface area contributed by atoms with Crippen LogP contribution in [0.3, 0.4) is 0 Å². The molecule has 0 bridgehead atoms. The first kappa shape index (κ1) is 31.9. The molecule has 0 aliphatic heterocycles. The zero-order valence-corrected chi connectivity index (χ0v) is 24.6. The van der Waals surface area contributed by atoms with E-state index in [1.54, 1.807) is 0 Å². The van der Waals surface area contributed by atoms with Gasteiger partial charge in [0.15, 0.2) is 0 Å². The van der Waals surface area contributed by atoms with Gasteiger partial charge in [0.1, 0.15) is 12.3 Å². The van der Waals surface area contributed by atoms with E-state index in [0.29, 0.717) is 19.6 Å². The second-order valence-corrected chi connectivity index (χ2v) is 11.4. The molecule has 0 N–H and O–H groups in total.